The SMILES string of the molecule is C=C(CNC(=O)c1cc(C(F)(F)F)cc(N(CC)C2CCN(C)CC2)c1C)C(N)=O. The largest absolute Gasteiger partial charge is 0.416 e. The molecular formula is C21H29F3N4O2. The van der Waals surface area contributed by atoms with Gasteiger partial charge in [0.25, 0.3) is 5.91 Å². The van der Waals surface area contributed by atoms with E-state index in [-0.39, 0.29) is 23.7 Å². The summed E-state index contributed by atoms with van der Waals surface area (Å²) < 4.78 is 40.8. The van der Waals surface area contributed by atoms with Gasteiger partial charge in [-0.2, -0.15) is 13.2 Å². The maximum Gasteiger partial charge on any atom is 0.416 e. The number of nitrogens with one attached hydrogen (secondary N) is 1. The van der Waals surface area contributed by atoms with Crippen molar-refractivity contribution in [3.8, 4) is 0 Å². The highest BCUT2D eigenvalue weighted by Crippen LogP contribution is 2.37. The Morgan fingerprint density at radius 2 is 1.90 bits per heavy atom. The molecule has 1 aromatic carbocycles. The number of nitrogens with zero attached hydrogens (tertiary/aromatic N) is 2. The quantitative estimate of drug-likeness (QED) is 0.657. The van der Waals surface area contributed by atoms with Gasteiger partial charge < -0.3 is 20.9 Å². The number of primary amides is 1. The van der Waals surface area contributed by atoms with E-state index >= 15 is 0 Å². The molecular weight excluding hydrogens is 397 g/mol. The number of hydrogen-bond donors (Lipinski definition) is 2. The van der Waals surface area contributed by atoms with Gasteiger partial charge in [0, 0.05) is 36.0 Å². The van der Waals surface area contributed by atoms with Gasteiger partial charge in [-0.3, -0.25) is 9.59 Å². The number of halogens is 3. The summed E-state index contributed by atoms with van der Waals surface area (Å²) in [5.41, 5.74) is 4.97. The van der Waals surface area contributed by atoms with E-state index in [2.05, 4.69) is 16.8 Å². The Balaban J connectivity index is 2.44. The van der Waals surface area contributed by atoms with Crippen LogP contribution in [-0.4, -0.2) is 56.0 Å². The summed E-state index contributed by atoms with van der Waals surface area (Å²) in [6.45, 7) is 9.00. The first-order chi connectivity index (χ1) is 14.0. The molecule has 2 amide bonds. The molecule has 1 aromatic rings. The predicted molar refractivity (Wildman–Crippen MR) is 110 cm³/mol. The van der Waals surface area contributed by atoms with Crippen molar-refractivity contribution in [1.82, 2.24) is 10.2 Å². The number of benzene rings is 1. The zero-order chi connectivity index (χ0) is 22.6. The first kappa shape index (κ1) is 23.7. The van der Waals surface area contributed by atoms with E-state index in [1.807, 2.05) is 18.9 Å². The van der Waals surface area contributed by atoms with Crippen LogP contribution in [0.1, 0.15) is 41.3 Å². The molecule has 3 N–H and O–H groups in total. The molecule has 0 atom stereocenters. The third-order valence-corrected chi connectivity index (χ3v) is 5.54. The Kier molecular flexibility index (Phi) is 7.52. The third-order valence-electron chi connectivity index (χ3n) is 5.54. The number of amides is 2. The highest BCUT2D eigenvalue weighted by atomic mass is 19.4. The van der Waals surface area contributed by atoms with Crippen molar-refractivity contribution in [2.75, 3.05) is 38.1 Å². The molecule has 1 fully saturated rings. The van der Waals surface area contributed by atoms with Crippen molar-refractivity contribution in [2.45, 2.75) is 38.9 Å². The second-order valence-corrected chi connectivity index (χ2v) is 7.64. The van der Waals surface area contributed by atoms with Crippen molar-refractivity contribution >= 4 is 17.5 Å². The Morgan fingerprint density at radius 3 is 2.40 bits per heavy atom. The van der Waals surface area contributed by atoms with Crippen LogP contribution in [-0.2, 0) is 11.0 Å². The second-order valence-electron chi connectivity index (χ2n) is 7.64. The van der Waals surface area contributed by atoms with Gasteiger partial charge >= 0.3 is 6.18 Å². The number of piperidine rings is 1. The summed E-state index contributed by atoms with van der Waals surface area (Å²) in [5, 5.41) is 2.44. The lowest BCUT2D eigenvalue weighted by molar-refractivity contribution is -0.137. The summed E-state index contributed by atoms with van der Waals surface area (Å²) in [5.74, 6) is -1.49. The molecule has 0 saturated carbocycles. The number of carbonyl (C=O) groups is 2. The number of rotatable bonds is 7. The molecule has 2 rings (SSSR count). The van der Waals surface area contributed by atoms with Crippen LogP contribution in [0.25, 0.3) is 0 Å². The number of nitrogens with two attached hydrogens (primary N) is 1. The van der Waals surface area contributed by atoms with Crippen LogP contribution in [0.5, 0.6) is 0 Å². The Bertz CT molecular complexity index is 815. The van der Waals surface area contributed by atoms with E-state index in [9.17, 15) is 22.8 Å². The first-order valence-corrected chi connectivity index (χ1v) is 9.88. The zero-order valence-corrected chi connectivity index (χ0v) is 17.6. The zero-order valence-electron chi connectivity index (χ0n) is 17.6. The van der Waals surface area contributed by atoms with Crippen molar-refractivity contribution in [3.63, 3.8) is 0 Å². The number of anilines is 1. The molecule has 0 unspecified atom stereocenters. The summed E-state index contributed by atoms with van der Waals surface area (Å²) >= 11 is 0. The van der Waals surface area contributed by atoms with E-state index < -0.39 is 23.6 Å². The highest BCUT2D eigenvalue weighted by molar-refractivity contribution is 5.99. The summed E-state index contributed by atoms with van der Waals surface area (Å²) in [4.78, 5) is 27.9. The van der Waals surface area contributed by atoms with Gasteiger partial charge in [-0.1, -0.05) is 6.58 Å². The van der Waals surface area contributed by atoms with Crippen LogP contribution in [0.3, 0.4) is 0 Å². The number of hydrogen-bond acceptors (Lipinski definition) is 4. The predicted octanol–water partition coefficient (Wildman–Crippen LogP) is 2.71. The second kappa shape index (κ2) is 9.51. The Labute approximate surface area is 174 Å². The van der Waals surface area contributed by atoms with E-state index in [1.54, 1.807) is 6.92 Å². The lowest BCUT2D eigenvalue weighted by Crippen LogP contribution is -2.44. The van der Waals surface area contributed by atoms with Crippen LogP contribution in [0.4, 0.5) is 18.9 Å². The molecule has 1 heterocycles. The van der Waals surface area contributed by atoms with Gasteiger partial charge in [-0.05, 0) is 64.5 Å². The molecule has 1 saturated heterocycles. The monoisotopic (exact) mass is 426 g/mol. The minimum atomic E-state index is -4.60. The maximum absolute atomic E-state index is 13.6. The minimum Gasteiger partial charge on any atom is -0.368 e. The average molecular weight is 426 g/mol. The molecule has 166 valence electrons. The Hall–Kier alpha value is -2.55. The first-order valence-electron chi connectivity index (χ1n) is 9.88. The number of alkyl halides is 3. The fourth-order valence-corrected chi connectivity index (χ4v) is 3.70. The molecule has 6 nitrogen and oxygen atoms in total. The smallest absolute Gasteiger partial charge is 0.368 e. The number of carbonyl (C=O) groups excluding carboxylic acids is 2. The third kappa shape index (κ3) is 5.53. The molecule has 1 aliphatic heterocycles. The van der Waals surface area contributed by atoms with Crippen LogP contribution in [0.2, 0.25) is 0 Å². The van der Waals surface area contributed by atoms with Crippen LogP contribution in [0, 0.1) is 6.92 Å². The number of likely N-dealkylation sites (tertiary alicyclic amines) is 1. The summed E-state index contributed by atoms with van der Waals surface area (Å²) in [7, 11) is 2.02. The summed E-state index contributed by atoms with van der Waals surface area (Å²) in [6.07, 6.45) is -2.93. The van der Waals surface area contributed by atoms with Crippen LogP contribution in [0.15, 0.2) is 24.3 Å². The average Bonchev–Trinajstić information content (AvgIpc) is 2.67. The highest BCUT2D eigenvalue weighted by Gasteiger charge is 2.34. The van der Waals surface area contributed by atoms with Gasteiger partial charge in [0.15, 0.2) is 0 Å². The lowest BCUT2D eigenvalue weighted by atomic mass is 9.97. The molecule has 9 heteroatoms. The van der Waals surface area contributed by atoms with Crippen molar-refractivity contribution < 1.29 is 22.8 Å². The topological polar surface area (TPSA) is 78.7 Å². The molecule has 0 aliphatic carbocycles. The van der Waals surface area contributed by atoms with Gasteiger partial charge in [-0.15, -0.1) is 0 Å². The van der Waals surface area contributed by atoms with Crippen molar-refractivity contribution in [3.05, 3.63) is 41.0 Å². The summed E-state index contributed by atoms with van der Waals surface area (Å²) in [6, 6.07) is 2.07. The van der Waals surface area contributed by atoms with Crippen LogP contribution < -0.4 is 16.0 Å². The van der Waals surface area contributed by atoms with E-state index in [1.165, 1.54) is 0 Å². The van der Waals surface area contributed by atoms with E-state index in [0.29, 0.717) is 17.8 Å². The fourth-order valence-electron chi connectivity index (χ4n) is 3.70. The van der Waals surface area contributed by atoms with Crippen LogP contribution >= 0.6 is 0 Å². The Morgan fingerprint density at radius 1 is 1.30 bits per heavy atom. The molecule has 0 bridgehead atoms. The standard InChI is InChI=1S/C21H29F3N4O2/c1-5-28(16-6-8-27(4)9-7-16)18-11-15(21(22,23)24)10-17(14(18)3)20(30)26-12-13(2)19(25)29/h10-11,16H,2,5-9,12H2,1,3-4H3,(H2,25,29)(H,26,30). The normalized spacial score (nSPS) is 15.7. The fraction of sp³-hybridized carbons (Fsp3) is 0.524. The van der Waals surface area contributed by atoms with Gasteiger partial charge in [0.05, 0.1) is 5.56 Å². The van der Waals surface area contributed by atoms with Gasteiger partial charge in [0.1, 0.15) is 0 Å². The molecule has 1 aliphatic rings. The van der Waals surface area contributed by atoms with Crippen molar-refractivity contribution in [1.29, 1.82) is 0 Å². The molecule has 0 spiro atoms. The molecule has 0 aromatic heterocycles. The molecule has 0 radical (unpaired) electrons. The van der Waals surface area contributed by atoms with E-state index in [4.69, 9.17) is 5.73 Å². The lowest BCUT2D eigenvalue weighted by Gasteiger charge is -2.39. The van der Waals surface area contributed by atoms with Gasteiger partial charge in [-0.25, -0.2) is 0 Å². The minimum absolute atomic E-state index is 0.0327. The maximum atomic E-state index is 13.6. The van der Waals surface area contributed by atoms with Crippen molar-refractivity contribution in [2.24, 2.45) is 5.73 Å². The van der Waals surface area contributed by atoms with E-state index in [0.717, 1.165) is 38.1 Å². The molecule has 30 heavy (non-hydrogen) atoms. The van der Waals surface area contributed by atoms with Gasteiger partial charge in [0.2, 0.25) is 5.91 Å².